The molecule has 1 aromatic carbocycles. The number of esters is 1. The second-order valence-electron chi connectivity index (χ2n) is 4.99. The van der Waals surface area contributed by atoms with E-state index in [-0.39, 0.29) is 18.5 Å². The molecule has 23 heavy (non-hydrogen) atoms. The van der Waals surface area contributed by atoms with Gasteiger partial charge in [-0.3, -0.25) is 9.59 Å². The summed E-state index contributed by atoms with van der Waals surface area (Å²) in [6, 6.07) is 5.65. The first-order valence-corrected chi connectivity index (χ1v) is 7.03. The minimum Gasteiger partial charge on any atom is -0.452 e. The maximum Gasteiger partial charge on any atom is 0.331 e. The molecule has 6 nitrogen and oxygen atoms in total. The number of benzene rings is 1. The summed E-state index contributed by atoms with van der Waals surface area (Å²) < 4.78 is 17.6. The van der Waals surface area contributed by atoms with Crippen molar-refractivity contribution in [3.8, 4) is 0 Å². The van der Waals surface area contributed by atoms with Crippen LogP contribution in [0.5, 0.6) is 0 Å². The zero-order valence-corrected chi connectivity index (χ0v) is 13.0. The lowest BCUT2D eigenvalue weighted by Gasteiger charge is -2.09. The fourth-order valence-electron chi connectivity index (χ4n) is 1.56. The van der Waals surface area contributed by atoms with Gasteiger partial charge in [0.25, 0.3) is 5.91 Å². The van der Waals surface area contributed by atoms with Gasteiger partial charge in [0.1, 0.15) is 5.82 Å². The van der Waals surface area contributed by atoms with E-state index in [4.69, 9.17) is 4.74 Å². The van der Waals surface area contributed by atoms with Crippen molar-refractivity contribution >= 4 is 23.9 Å². The third kappa shape index (κ3) is 8.35. The van der Waals surface area contributed by atoms with Gasteiger partial charge in [0.05, 0.1) is 6.54 Å². The van der Waals surface area contributed by atoms with Crippen LogP contribution in [0.2, 0.25) is 0 Å². The first kappa shape index (κ1) is 18.3. The van der Waals surface area contributed by atoms with Crippen LogP contribution < -0.4 is 10.6 Å². The highest BCUT2D eigenvalue weighted by Gasteiger charge is 2.08. The summed E-state index contributed by atoms with van der Waals surface area (Å²) in [5.41, 5.74) is 0.497. The van der Waals surface area contributed by atoms with Crippen LogP contribution in [0.15, 0.2) is 30.3 Å². The molecular weight excluding hydrogens is 303 g/mol. The van der Waals surface area contributed by atoms with Crippen molar-refractivity contribution < 1.29 is 23.5 Å². The van der Waals surface area contributed by atoms with Gasteiger partial charge in [0, 0.05) is 12.1 Å². The van der Waals surface area contributed by atoms with Crippen LogP contribution >= 0.6 is 0 Å². The maximum atomic E-state index is 12.9. The Morgan fingerprint density at radius 2 is 2.00 bits per heavy atom. The minimum atomic E-state index is -0.740. The fraction of sp³-hybridized carbons (Fsp3) is 0.312. The molecule has 0 atom stereocenters. The van der Waals surface area contributed by atoms with Gasteiger partial charge in [-0.1, -0.05) is 12.1 Å². The third-order valence-electron chi connectivity index (χ3n) is 2.50. The number of carbonyl (C=O) groups is 3. The molecule has 0 heterocycles. The van der Waals surface area contributed by atoms with E-state index in [2.05, 4.69) is 10.6 Å². The predicted octanol–water partition coefficient (Wildman–Crippen LogP) is 1.02. The zero-order chi connectivity index (χ0) is 17.2. The van der Waals surface area contributed by atoms with Crippen LogP contribution in [-0.4, -0.2) is 37.0 Å². The van der Waals surface area contributed by atoms with E-state index in [1.807, 2.05) is 0 Å². The topological polar surface area (TPSA) is 84.5 Å². The van der Waals surface area contributed by atoms with Crippen LogP contribution in [0.4, 0.5) is 4.39 Å². The summed E-state index contributed by atoms with van der Waals surface area (Å²) in [7, 11) is 0. The molecule has 7 heteroatoms. The number of halogens is 1. The first-order valence-electron chi connectivity index (χ1n) is 7.03. The van der Waals surface area contributed by atoms with Crippen molar-refractivity contribution in [1.82, 2.24) is 10.6 Å². The van der Waals surface area contributed by atoms with Crippen LogP contribution in [0, 0.1) is 5.82 Å². The molecule has 0 fully saturated rings. The first-order chi connectivity index (χ1) is 10.9. The molecule has 0 saturated carbocycles. The molecule has 0 aliphatic heterocycles. The molecule has 0 aliphatic rings. The van der Waals surface area contributed by atoms with Crippen LogP contribution in [0.3, 0.4) is 0 Å². The zero-order valence-electron chi connectivity index (χ0n) is 13.0. The van der Waals surface area contributed by atoms with E-state index in [1.54, 1.807) is 19.9 Å². The lowest BCUT2D eigenvalue weighted by molar-refractivity contribution is -0.143. The Morgan fingerprint density at radius 1 is 1.26 bits per heavy atom. The van der Waals surface area contributed by atoms with E-state index < -0.39 is 24.3 Å². The summed E-state index contributed by atoms with van der Waals surface area (Å²) in [5.74, 6) is -2.07. The Balaban J connectivity index is 2.30. The average molecular weight is 322 g/mol. The number of hydrogen-bond acceptors (Lipinski definition) is 4. The Labute approximate surface area is 133 Å². The summed E-state index contributed by atoms with van der Waals surface area (Å²) >= 11 is 0. The molecule has 1 aromatic rings. The Bertz CT molecular complexity index is 599. The number of hydrogen-bond donors (Lipinski definition) is 2. The molecule has 0 radical (unpaired) electrons. The quantitative estimate of drug-likeness (QED) is 0.580. The van der Waals surface area contributed by atoms with E-state index in [1.165, 1.54) is 24.3 Å². The van der Waals surface area contributed by atoms with Gasteiger partial charge >= 0.3 is 5.97 Å². The molecule has 0 unspecified atom stereocenters. The highest BCUT2D eigenvalue weighted by atomic mass is 19.1. The number of nitrogens with one attached hydrogen (secondary N) is 2. The number of ether oxygens (including phenoxy) is 1. The minimum absolute atomic E-state index is 0.0230. The van der Waals surface area contributed by atoms with Gasteiger partial charge in [-0.15, -0.1) is 0 Å². The third-order valence-corrected chi connectivity index (χ3v) is 2.50. The van der Waals surface area contributed by atoms with E-state index >= 15 is 0 Å². The molecule has 124 valence electrons. The molecule has 0 aromatic heterocycles. The van der Waals surface area contributed by atoms with Crippen molar-refractivity contribution in [3.63, 3.8) is 0 Å². The normalized spacial score (nSPS) is 10.6. The average Bonchev–Trinajstić information content (AvgIpc) is 2.48. The molecule has 0 saturated heterocycles. The predicted molar refractivity (Wildman–Crippen MR) is 82.7 cm³/mol. The van der Waals surface area contributed by atoms with Crippen molar-refractivity contribution in [1.29, 1.82) is 0 Å². The molecular formula is C16H19FN2O4. The van der Waals surface area contributed by atoms with Gasteiger partial charge in [-0.25, -0.2) is 9.18 Å². The number of amides is 2. The molecule has 1 rings (SSSR count). The van der Waals surface area contributed by atoms with Crippen molar-refractivity contribution in [2.24, 2.45) is 0 Å². The van der Waals surface area contributed by atoms with Crippen molar-refractivity contribution in [2.75, 3.05) is 13.2 Å². The molecule has 0 spiro atoms. The molecule has 2 N–H and O–H groups in total. The lowest BCUT2D eigenvalue weighted by Crippen LogP contribution is -2.41. The number of carbonyl (C=O) groups excluding carboxylic acids is 3. The maximum absolute atomic E-state index is 12.9. The van der Waals surface area contributed by atoms with E-state index in [9.17, 15) is 18.8 Å². The summed E-state index contributed by atoms with van der Waals surface area (Å²) in [4.78, 5) is 34.1. The lowest BCUT2D eigenvalue weighted by atomic mass is 10.2. The summed E-state index contributed by atoms with van der Waals surface area (Å²) in [6.07, 6.45) is 2.47. The highest BCUT2D eigenvalue weighted by Crippen LogP contribution is 2.05. The van der Waals surface area contributed by atoms with E-state index in [0.29, 0.717) is 5.56 Å². The Hall–Kier alpha value is -2.70. The Kier molecular flexibility index (Phi) is 7.45. The van der Waals surface area contributed by atoms with Crippen LogP contribution in [0.1, 0.15) is 19.4 Å². The Morgan fingerprint density at radius 3 is 2.65 bits per heavy atom. The molecule has 2 amide bonds. The smallest absolute Gasteiger partial charge is 0.331 e. The van der Waals surface area contributed by atoms with Crippen LogP contribution in [-0.2, 0) is 19.1 Å². The SMILES string of the molecule is CC(C)NC(=O)CNC(=O)COC(=O)/C=C/c1cccc(F)c1. The van der Waals surface area contributed by atoms with Crippen molar-refractivity contribution in [3.05, 3.63) is 41.7 Å². The second kappa shape index (κ2) is 9.34. The fourth-order valence-corrected chi connectivity index (χ4v) is 1.56. The van der Waals surface area contributed by atoms with Gasteiger partial charge in [0.2, 0.25) is 5.91 Å². The van der Waals surface area contributed by atoms with Gasteiger partial charge in [-0.2, -0.15) is 0 Å². The summed E-state index contributed by atoms with van der Waals surface area (Å²) in [6.45, 7) is 2.91. The van der Waals surface area contributed by atoms with Gasteiger partial charge < -0.3 is 15.4 Å². The van der Waals surface area contributed by atoms with Gasteiger partial charge in [-0.05, 0) is 37.6 Å². The van der Waals surface area contributed by atoms with Crippen molar-refractivity contribution in [2.45, 2.75) is 19.9 Å². The van der Waals surface area contributed by atoms with Crippen LogP contribution in [0.25, 0.3) is 6.08 Å². The molecule has 0 aliphatic carbocycles. The monoisotopic (exact) mass is 322 g/mol. The highest BCUT2D eigenvalue weighted by molar-refractivity contribution is 5.90. The molecule has 0 bridgehead atoms. The number of rotatable bonds is 7. The van der Waals surface area contributed by atoms with Gasteiger partial charge in [0.15, 0.2) is 6.61 Å². The standard InChI is InChI=1S/C16H19FN2O4/c1-11(2)19-14(20)9-18-15(21)10-23-16(22)7-6-12-4-3-5-13(17)8-12/h3-8,11H,9-10H2,1-2H3,(H,18,21)(H,19,20)/b7-6+. The largest absolute Gasteiger partial charge is 0.452 e. The second-order valence-corrected chi connectivity index (χ2v) is 4.99. The summed E-state index contributed by atoms with van der Waals surface area (Å²) in [5, 5.41) is 4.93. The van der Waals surface area contributed by atoms with E-state index in [0.717, 1.165) is 6.08 Å².